The molecule has 1 N–H and O–H groups in total. The second kappa shape index (κ2) is 8.37. The van der Waals surface area contributed by atoms with Crippen LogP contribution in [0.3, 0.4) is 0 Å². The first-order valence-corrected chi connectivity index (χ1v) is 9.08. The number of urea groups is 1. The van der Waals surface area contributed by atoms with Crippen molar-refractivity contribution in [2.45, 2.75) is 13.5 Å². The first kappa shape index (κ1) is 19.1. The van der Waals surface area contributed by atoms with E-state index in [1.807, 2.05) is 25.1 Å². The Morgan fingerprint density at radius 3 is 2.59 bits per heavy atom. The van der Waals surface area contributed by atoms with E-state index in [0.29, 0.717) is 43.4 Å². The third-order valence-electron chi connectivity index (χ3n) is 4.61. The van der Waals surface area contributed by atoms with E-state index in [0.717, 1.165) is 11.1 Å². The van der Waals surface area contributed by atoms with Gasteiger partial charge in [0.05, 0.1) is 4.92 Å². The number of nitro groups is 1. The van der Waals surface area contributed by atoms with E-state index in [9.17, 15) is 14.9 Å². The smallest absolute Gasteiger partial charge is 0.321 e. The Balaban J connectivity index is 1.52. The van der Waals surface area contributed by atoms with Gasteiger partial charge in [-0.15, -0.1) is 0 Å². The van der Waals surface area contributed by atoms with Crippen molar-refractivity contribution >= 4 is 29.0 Å². The van der Waals surface area contributed by atoms with Crippen LogP contribution in [0.15, 0.2) is 42.5 Å². The molecule has 0 spiro atoms. The average molecular weight is 389 g/mol. The third-order valence-corrected chi connectivity index (χ3v) is 5.02. The Morgan fingerprint density at radius 1 is 1.19 bits per heavy atom. The molecule has 2 amide bonds. The van der Waals surface area contributed by atoms with Crippen molar-refractivity contribution < 1.29 is 9.72 Å². The summed E-state index contributed by atoms with van der Waals surface area (Å²) >= 11 is 6.10. The molecule has 0 atom stereocenters. The third kappa shape index (κ3) is 4.96. The van der Waals surface area contributed by atoms with Crippen molar-refractivity contribution in [1.29, 1.82) is 0 Å². The number of nitro benzene ring substituents is 1. The minimum Gasteiger partial charge on any atom is -0.322 e. The van der Waals surface area contributed by atoms with Crippen molar-refractivity contribution in [3.63, 3.8) is 0 Å². The molecule has 0 saturated carbocycles. The fourth-order valence-corrected chi connectivity index (χ4v) is 3.19. The van der Waals surface area contributed by atoms with Crippen molar-refractivity contribution in [3.05, 3.63) is 68.7 Å². The zero-order chi connectivity index (χ0) is 19.4. The lowest BCUT2D eigenvalue weighted by molar-refractivity contribution is -0.384. The van der Waals surface area contributed by atoms with E-state index in [-0.39, 0.29) is 16.6 Å². The van der Waals surface area contributed by atoms with Crippen molar-refractivity contribution in [3.8, 4) is 0 Å². The molecule has 27 heavy (non-hydrogen) atoms. The van der Waals surface area contributed by atoms with Gasteiger partial charge in [0.15, 0.2) is 0 Å². The number of carbonyl (C=O) groups excluding carboxylic acids is 1. The lowest BCUT2D eigenvalue weighted by Gasteiger charge is -2.34. The van der Waals surface area contributed by atoms with E-state index in [4.69, 9.17) is 11.6 Å². The van der Waals surface area contributed by atoms with Crippen LogP contribution < -0.4 is 5.32 Å². The van der Waals surface area contributed by atoms with Crippen LogP contribution in [-0.2, 0) is 6.54 Å². The fourth-order valence-electron chi connectivity index (χ4n) is 3.01. The summed E-state index contributed by atoms with van der Waals surface area (Å²) in [7, 11) is 0. The van der Waals surface area contributed by atoms with Crippen LogP contribution in [0.4, 0.5) is 16.2 Å². The molecule has 1 aliphatic rings. The Morgan fingerprint density at radius 2 is 1.93 bits per heavy atom. The molecule has 0 bridgehead atoms. The van der Waals surface area contributed by atoms with Crippen LogP contribution in [-0.4, -0.2) is 46.9 Å². The molecule has 0 aliphatic carbocycles. The molecule has 0 radical (unpaired) electrons. The standard InChI is InChI=1S/C19H21ClN4O3/c1-14-5-6-16(12-18(14)20)21-19(25)23-9-7-22(8-10-23)13-15-3-2-4-17(11-15)24(26)27/h2-6,11-12H,7-10,13H2,1H3,(H,21,25). The van der Waals surface area contributed by atoms with Crippen LogP contribution in [0.5, 0.6) is 0 Å². The van der Waals surface area contributed by atoms with Gasteiger partial charge in [-0.2, -0.15) is 0 Å². The monoisotopic (exact) mass is 388 g/mol. The summed E-state index contributed by atoms with van der Waals surface area (Å²) in [6, 6.07) is 12.0. The number of hydrogen-bond acceptors (Lipinski definition) is 4. The van der Waals surface area contributed by atoms with Gasteiger partial charge in [-0.25, -0.2) is 4.79 Å². The highest BCUT2D eigenvalue weighted by atomic mass is 35.5. The summed E-state index contributed by atoms with van der Waals surface area (Å²) in [5.74, 6) is 0. The second-order valence-corrected chi connectivity index (χ2v) is 6.99. The highest BCUT2D eigenvalue weighted by Gasteiger charge is 2.21. The van der Waals surface area contributed by atoms with Crippen molar-refractivity contribution in [2.75, 3.05) is 31.5 Å². The lowest BCUT2D eigenvalue weighted by atomic mass is 10.1. The van der Waals surface area contributed by atoms with Crippen LogP contribution in [0.1, 0.15) is 11.1 Å². The van der Waals surface area contributed by atoms with E-state index in [1.165, 1.54) is 6.07 Å². The molecule has 142 valence electrons. The normalized spacial score (nSPS) is 14.8. The van der Waals surface area contributed by atoms with Crippen molar-refractivity contribution in [2.24, 2.45) is 0 Å². The van der Waals surface area contributed by atoms with Gasteiger partial charge in [0.25, 0.3) is 5.69 Å². The molecule has 1 saturated heterocycles. The number of non-ortho nitro benzene ring substituents is 1. The summed E-state index contributed by atoms with van der Waals surface area (Å²) < 4.78 is 0. The number of amides is 2. The topological polar surface area (TPSA) is 78.7 Å². The first-order chi connectivity index (χ1) is 12.9. The zero-order valence-electron chi connectivity index (χ0n) is 15.0. The number of aryl methyl sites for hydroxylation is 1. The molecule has 0 aromatic heterocycles. The molecule has 2 aromatic carbocycles. The van der Waals surface area contributed by atoms with E-state index in [1.54, 1.807) is 23.1 Å². The van der Waals surface area contributed by atoms with Gasteiger partial charge in [0.2, 0.25) is 0 Å². The minimum absolute atomic E-state index is 0.0993. The van der Waals surface area contributed by atoms with Gasteiger partial charge >= 0.3 is 6.03 Å². The summed E-state index contributed by atoms with van der Waals surface area (Å²) in [5.41, 5.74) is 2.64. The molecule has 7 nitrogen and oxygen atoms in total. The second-order valence-electron chi connectivity index (χ2n) is 6.58. The molecule has 3 rings (SSSR count). The summed E-state index contributed by atoms with van der Waals surface area (Å²) in [4.78, 5) is 26.9. The number of hydrogen-bond donors (Lipinski definition) is 1. The predicted molar refractivity (Wildman–Crippen MR) is 105 cm³/mol. The fraction of sp³-hybridized carbons (Fsp3) is 0.316. The number of halogens is 1. The average Bonchev–Trinajstić information content (AvgIpc) is 2.65. The zero-order valence-corrected chi connectivity index (χ0v) is 15.8. The quantitative estimate of drug-likeness (QED) is 0.636. The summed E-state index contributed by atoms with van der Waals surface area (Å²) in [6.45, 7) is 5.16. The molecular formula is C19H21ClN4O3. The largest absolute Gasteiger partial charge is 0.322 e. The number of rotatable bonds is 4. The van der Waals surface area contributed by atoms with E-state index in [2.05, 4.69) is 10.2 Å². The van der Waals surface area contributed by atoms with Crippen molar-refractivity contribution in [1.82, 2.24) is 9.80 Å². The number of benzene rings is 2. The first-order valence-electron chi connectivity index (χ1n) is 8.70. The highest BCUT2D eigenvalue weighted by Crippen LogP contribution is 2.21. The molecule has 1 aliphatic heterocycles. The molecule has 1 fully saturated rings. The molecule has 8 heteroatoms. The SMILES string of the molecule is Cc1ccc(NC(=O)N2CCN(Cc3cccc([N+](=O)[O-])c3)CC2)cc1Cl. The summed E-state index contributed by atoms with van der Waals surface area (Å²) in [6.07, 6.45) is 0. The maximum atomic E-state index is 12.4. The van der Waals surface area contributed by atoms with Gasteiger partial charge in [0, 0.05) is 55.6 Å². The molecule has 2 aromatic rings. The maximum Gasteiger partial charge on any atom is 0.321 e. The van der Waals surface area contributed by atoms with Gasteiger partial charge in [-0.05, 0) is 30.2 Å². The molecule has 0 unspecified atom stereocenters. The highest BCUT2D eigenvalue weighted by molar-refractivity contribution is 6.31. The molecular weight excluding hydrogens is 368 g/mol. The van der Waals surface area contributed by atoms with E-state index < -0.39 is 0 Å². The number of anilines is 1. The lowest BCUT2D eigenvalue weighted by Crippen LogP contribution is -2.49. The molecule has 1 heterocycles. The van der Waals surface area contributed by atoms with Gasteiger partial charge in [-0.1, -0.05) is 29.8 Å². The van der Waals surface area contributed by atoms with Crippen LogP contribution >= 0.6 is 11.6 Å². The van der Waals surface area contributed by atoms with E-state index >= 15 is 0 Å². The van der Waals surface area contributed by atoms with Gasteiger partial charge < -0.3 is 10.2 Å². The van der Waals surface area contributed by atoms with Gasteiger partial charge in [-0.3, -0.25) is 15.0 Å². The summed E-state index contributed by atoms with van der Waals surface area (Å²) in [5, 5.41) is 14.4. The van der Waals surface area contributed by atoms with Crippen LogP contribution in [0.25, 0.3) is 0 Å². The Hall–Kier alpha value is -2.64. The number of nitrogens with zero attached hydrogens (tertiary/aromatic N) is 3. The van der Waals surface area contributed by atoms with Crippen LogP contribution in [0, 0.1) is 17.0 Å². The Bertz CT molecular complexity index is 851. The number of carbonyl (C=O) groups is 1. The number of nitrogens with one attached hydrogen (secondary N) is 1. The number of piperazine rings is 1. The Labute approximate surface area is 162 Å². The van der Waals surface area contributed by atoms with Crippen LogP contribution in [0.2, 0.25) is 5.02 Å². The Kier molecular flexibility index (Phi) is 5.93. The minimum atomic E-state index is -0.386. The van der Waals surface area contributed by atoms with Gasteiger partial charge in [0.1, 0.15) is 0 Å². The maximum absolute atomic E-state index is 12.4. The predicted octanol–water partition coefficient (Wildman–Crippen LogP) is 3.91.